The third-order valence-corrected chi connectivity index (χ3v) is 2.08. The largest absolute Gasteiger partial charge is 0.508 e. The quantitative estimate of drug-likeness (QED) is 0.771. The van der Waals surface area contributed by atoms with Gasteiger partial charge in [-0.3, -0.25) is 4.79 Å². The summed E-state index contributed by atoms with van der Waals surface area (Å²) in [6.45, 7) is 1.86. The maximum atomic E-state index is 10.4. The van der Waals surface area contributed by atoms with Gasteiger partial charge >= 0.3 is 5.97 Å². The highest BCUT2D eigenvalue weighted by atomic mass is 16.4. The smallest absolute Gasteiger partial charge is 0.303 e. The molecule has 0 spiro atoms. The number of carboxylic acid groups (broad SMARTS) is 1. The Balaban J connectivity index is 2.60. The van der Waals surface area contributed by atoms with Crippen LogP contribution in [-0.4, -0.2) is 16.2 Å². The van der Waals surface area contributed by atoms with Crippen LogP contribution < -0.4 is 0 Å². The van der Waals surface area contributed by atoms with Crippen molar-refractivity contribution >= 4 is 5.97 Å². The standard InChI is InChI=1S/C11H14O3/c1-8(7-11(13)14)6-9-4-2-3-5-10(9)12/h2-5,8,12H,6-7H2,1H3,(H,13,14). The summed E-state index contributed by atoms with van der Waals surface area (Å²) in [4.78, 5) is 10.4. The topological polar surface area (TPSA) is 57.5 Å². The van der Waals surface area contributed by atoms with E-state index in [1.165, 1.54) is 0 Å². The zero-order chi connectivity index (χ0) is 10.6. The Labute approximate surface area is 83.0 Å². The highest BCUT2D eigenvalue weighted by Crippen LogP contribution is 2.20. The number of hydrogen-bond donors (Lipinski definition) is 2. The summed E-state index contributed by atoms with van der Waals surface area (Å²) in [6.07, 6.45) is 0.729. The van der Waals surface area contributed by atoms with Crippen molar-refractivity contribution in [2.24, 2.45) is 5.92 Å². The Bertz CT molecular complexity index is 320. The van der Waals surface area contributed by atoms with Gasteiger partial charge in [-0.25, -0.2) is 0 Å². The zero-order valence-electron chi connectivity index (χ0n) is 8.10. The lowest BCUT2D eigenvalue weighted by Gasteiger charge is -2.09. The van der Waals surface area contributed by atoms with E-state index in [9.17, 15) is 9.90 Å². The molecule has 0 aromatic heterocycles. The van der Waals surface area contributed by atoms with Crippen LogP contribution in [0.1, 0.15) is 18.9 Å². The van der Waals surface area contributed by atoms with Gasteiger partial charge in [-0.15, -0.1) is 0 Å². The van der Waals surface area contributed by atoms with Crippen molar-refractivity contribution in [3.8, 4) is 5.75 Å². The summed E-state index contributed by atoms with van der Waals surface area (Å²) < 4.78 is 0. The maximum Gasteiger partial charge on any atom is 0.303 e. The highest BCUT2D eigenvalue weighted by Gasteiger charge is 2.10. The fourth-order valence-electron chi connectivity index (χ4n) is 1.43. The number of carbonyl (C=O) groups is 1. The molecule has 3 heteroatoms. The molecule has 1 rings (SSSR count). The first-order valence-corrected chi connectivity index (χ1v) is 4.58. The predicted octanol–water partition coefficient (Wildman–Crippen LogP) is 2.05. The van der Waals surface area contributed by atoms with Crippen molar-refractivity contribution in [2.45, 2.75) is 19.8 Å². The van der Waals surface area contributed by atoms with E-state index < -0.39 is 5.97 Å². The van der Waals surface area contributed by atoms with Gasteiger partial charge < -0.3 is 10.2 Å². The second kappa shape index (κ2) is 4.65. The lowest BCUT2D eigenvalue weighted by molar-refractivity contribution is -0.137. The van der Waals surface area contributed by atoms with Gasteiger partial charge in [0.2, 0.25) is 0 Å². The summed E-state index contributed by atoms with van der Waals surface area (Å²) >= 11 is 0. The van der Waals surface area contributed by atoms with Crippen LogP contribution in [0.4, 0.5) is 0 Å². The molecule has 0 amide bonds. The summed E-state index contributed by atoms with van der Waals surface area (Å²) in [6, 6.07) is 7.01. The van der Waals surface area contributed by atoms with E-state index in [2.05, 4.69) is 0 Å². The van der Waals surface area contributed by atoms with Gasteiger partial charge in [0.15, 0.2) is 0 Å². The molecule has 0 aliphatic heterocycles. The monoisotopic (exact) mass is 194 g/mol. The zero-order valence-corrected chi connectivity index (χ0v) is 8.10. The second-order valence-electron chi connectivity index (χ2n) is 3.54. The molecule has 1 aromatic carbocycles. The minimum Gasteiger partial charge on any atom is -0.508 e. The first-order chi connectivity index (χ1) is 6.59. The van der Waals surface area contributed by atoms with Crippen LogP contribution in [-0.2, 0) is 11.2 Å². The van der Waals surface area contributed by atoms with Crippen molar-refractivity contribution < 1.29 is 15.0 Å². The average molecular weight is 194 g/mol. The van der Waals surface area contributed by atoms with Crippen LogP contribution in [0.5, 0.6) is 5.75 Å². The van der Waals surface area contributed by atoms with E-state index in [1.54, 1.807) is 12.1 Å². The number of phenols is 1. The Kier molecular flexibility index (Phi) is 3.51. The predicted molar refractivity (Wildman–Crippen MR) is 53.2 cm³/mol. The fraction of sp³-hybridized carbons (Fsp3) is 0.364. The van der Waals surface area contributed by atoms with Crippen LogP contribution in [0.3, 0.4) is 0 Å². The number of para-hydroxylation sites is 1. The van der Waals surface area contributed by atoms with E-state index in [4.69, 9.17) is 5.11 Å². The van der Waals surface area contributed by atoms with Crippen LogP contribution in [0.2, 0.25) is 0 Å². The van der Waals surface area contributed by atoms with Gasteiger partial charge in [0.25, 0.3) is 0 Å². The maximum absolute atomic E-state index is 10.4. The van der Waals surface area contributed by atoms with Crippen LogP contribution in [0.15, 0.2) is 24.3 Å². The van der Waals surface area contributed by atoms with Gasteiger partial charge in [-0.05, 0) is 24.0 Å². The number of benzene rings is 1. The molecule has 76 valence electrons. The highest BCUT2D eigenvalue weighted by molar-refractivity contribution is 5.67. The van der Waals surface area contributed by atoms with E-state index in [1.807, 2.05) is 19.1 Å². The van der Waals surface area contributed by atoms with Crippen molar-refractivity contribution in [1.29, 1.82) is 0 Å². The molecular formula is C11H14O3. The third-order valence-electron chi connectivity index (χ3n) is 2.08. The molecule has 1 aromatic rings. The van der Waals surface area contributed by atoms with Gasteiger partial charge in [-0.2, -0.15) is 0 Å². The first kappa shape index (κ1) is 10.6. The fourth-order valence-corrected chi connectivity index (χ4v) is 1.43. The number of hydrogen-bond acceptors (Lipinski definition) is 2. The summed E-state index contributed by atoms with van der Waals surface area (Å²) in [5, 5.41) is 18.0. The van der Waals surface area contributed by atoms with Crippen molar-refractivity contribution in [1.82, 2.24) is 0 Å². The lowest BCUT2D eigenvalue weighted by Crippen LogP contribution is -2.06. The molecule has 1 unspecified atom stereocenters. The van der Waals surface area contributed by atoms with Gasteiger partial charge in [0.1, 0.15) is 5.75 Å². The molecule has 0 heterocycles. The second-order valence-corrected chi connectivity index (χ2v) is 3.54. The number of phenolic OH excluding ortho intramolecular Hbond substituents is 1. The normalized spacial score (nSPS) is 12.4. The molecule has 14 heavy (non-hydrogen) atoms. The summed E-state index contributed by atoms with van der Waals surface area (Å²) in [7, 11) is 0. The minimum atomic E-state index is -0.798. The van der Waals surface area contributed by atoms with Crippen molar-refractivity contribution in [3.63, 3.8) is 0 Å². The third kappa shape index (κ3) is 3.09. The Morgan fingerprint density at radius 3 is 2.64 bits per heavy atom. The molecule has 0 bridgehead atoms. The van der Waals surface area contributed by atoms with Crippen LogP contribution >= 0.6 is 0 Å². The molecule has 0 saturated carbocycles. The SMILES string of the molecule is CC(CC(=O)O)Cc1ccccc1O. The average Bonchev–Trinajstić information content (AvgIpc) is 2.07. The molecule has 0 saturated heterocycles. The molecule has 0 radical (unpaired) electrons. The Morgan fingerprint density at radius 1 is 1.43 bits per heavy atom. The molecule has 0 aliphatic rings. The molecule has 2 N–H and O–H groups in total. The van der Waals surface area contributed by atoms with E-state index in [0.29, 0.717) is 6.42 Å². The molecule has 0 fully saturated rings. The number of aromatic hydroxyl groups is 1. The van der Waals surface area contributed by atoms with E-state index >= 15 is 0 Å². The van der Waals surface area contributed by atoms with Gasteiger partial charge in [0, 0.05) is 6.42 Å². The number of carboxylic acids is 1. The van der Waals surface area contributed by atoms with E-state index in [-0.39, 0.29) is 18.1 Å². The molecular weight excluding hydrogens is 180 g/mol. The number of aliphatic carboxylic acids is 1. The minimum absolute atomic E-state index is 0.0424. The molecule has 0 aliphatic carbocycles. The Morgan fingerprint density at radius 2 is 2.07 bits per heavy atom. The van der Waals surface area contributed by atoms with Crippen molar-refractivity contribution in [3.05, 3.63) is 29.8 Å². The van der Waals surface area contributed by atoms with Crippen LogP contribution in [0, 0.1) is 5.92 Å². The summed E-state index contributed by atoms with van der Waals surface area (Å²) in [5.74, 6) is -0.515. The summed E-state index contributed by atoms with van der Waals surface area (Å²) in [5.41, 5.74) is 0.807. The Hall–Kier alpha value is -1.51. The van der Waals surface area contributed by atoms with E-state index in [0.717, 1.165) is 5.56 Å². The van der Waals surface area contributed by atoms with Gasteiger partial charge in [0.05, 0.1) is 0 Å². The van der Waals surface area contributed by atoms with Crippen LogP contribution in [0.25, 0.3) is 0 Å². The van der Waals surface area contributed by atoms with Crippen molar-refractivity contribution in [2.75, 3.05) is 0 Å². The number of rotatable bonds is 4. The van der Waals surface area contributed by atoms with Gasteiger partial charge in [-0.1, -0.05) is 25.1 Å². The lowest BCUT2D eigenvalue weighted by atomic mass is 9.98. The molecule has 1 atom stereocenters. The molecule has 3 nitrogen and oxygen atoms in total. The first-order valence-electron chi connectivity index (χ1n) is 4.58.